The van der Waals surface area contributed by atoms with Gasteiger partial charge in [-0.25, -0.2) is 0 Å². The van der Waals surface area contributed by atoms with E-state index in [9.17, 15) is 4.79 Å². The number of H-pyrrole nitrogens is 1. The Balaban J connectivity index is 1.47. The van der Waals surface area contributed by atoms with E-state index in [1.807, 2.05) is 55.6 Å². The van der Waals surface area contributed by atoms with Gasteiger partial charge < -0.3 is 15.0 Å². The fourth-order valence-corrected chi connectivity index (χ4v) is 2.71. The molecule has 0 saturated heterocycles. The summed E-state index contributed by atoms with van der Waals surface area (Å²) in [6.45, 7) is 2.59. The maximum Gasteiger partial charge on any atom is 0.257 e. The highest BCUT2D eigenvalue weighted by Crippen LogP contribution is 2.22. The standard InChI is InChI=1S/C19H19ClN2O2/c1-13-2-5-16(6-3-13)24-12-19(23)21-9-8-14-11-22-18-10-15(20)4-7-17(14)18/h2-7,10-11,22H,8-9,12H2,1H3,(H,21,23). The number of aromatic nitrogens is 1. The second kappa shape index (κ2) is 7.41. The Hall–Kier alpha value is -2.46. The van der Waals surface area contributed by atoms with Crippen LogP contribution in [0.3, 0.4) is 0 Å². The Morgan fingerprint density at radius 2 is 2.00 bits per heavy atom. The molecule has 0 saturated carbocycles. The minimum atomic E-state index is -0.126. The highest BCUT2D eigenvalue weighted by molar-refractivity contribution is 6.31. The molecule has 0 radical (unpaired) electrons. The molecule has 3 aromatic rings. The molecular weight excluding hydrogens is 324 g/mol. The van der Waals surface area contributed by atoms with E-state index in [2.05, 4.69) is 10.3 Å². The Kier molecular flexibility index (Phi) is 5.06. The molecular formula is C19H19ClN2O2. The topological polar surface area (TPSA) is 54.1 Å². The first-order chi connectivity index (χ1) is 11.6. The van der Waals surface area contributed by atoms with Gasteiger partial charge in [0.25, 0.3) is 5.91 Å². The number of hydrogen-bond donors (Lipinski definition) is 2. The van der Waals surface area contributed by atoms with Crippen molar-refractivity contribution in [2.75, 3.05) is 13.2 Å². The first kappa shape index (κ1) is 16.4. The summed E-state index contributed by atoms with van der Waals surface area (Å²) in [6, 6.07) is 13.4. The summed E-state index contributed by atoms with van der Waals surface area (Å²) >= 11 is 5.98. The number of amides is 1. The van der Waals surface area contributed by atoms with Crippen LogP contribution < -0.4 is 10.1 Å². The van der Waals surface area contributed by atoms with Crippen LogP contribution in [0, 0.1) is 6.92 Å². The molecule has 124 valence electrons. The van der Waals surface area contributed by atoms with Crippen LogP contribution in [0.1, 0.15) is 11.1 Å². The molecule has 0 spiro atoms. The molecule has 4 nitrogen and oxygen atoms in total. The van der Waals surface area contributed by atoms with Crippen molar-refractivity contribution in [1.82, 2.24) is 10.3 Å². The zero-order valence-corrected chi connectivity index (χ0v) is 14.2. The predicted molar refractivity (Wildman–Crippen MR) is 96.7 cm³/mol. The van der Waals surface area contributed by atoms with Crippen LogP contribution in [0.5, 0.6) is 5.75 Å². The molecule has 2 N–H and O–H groups in total. The van der Waals surface area contributed by atoms with Crippen molar-refractivity contribution in [3.63, 3.8) is 0 Å². The maximum atomic E-state index is 11.9. The lowest BCUT2D eigenvalue weighted by Gasteiger charge is -2.07. The third-order valence-electron chi connectivity index (χ3n) is 3.84. The molecule has 0 unspecified atom stereocenters. The van der Waals surface area contributed by atoms with Crippen molar-refractivity contribution in [1.29, 1.82) is 0 Å². The molecule has 0 atom stereocenters. The van der Waals surface area contributed by atoms with Gasteiger partial charge in [0.2, 0.25) is 0 Å². The number of halogens is 1. The van der Waals surface area contributed by atoms with Crippen molar-refractivity contribution in [3.05, 3.63) is 64.8 Å². The van der Waals surface area contributed by atoms with Crippen molar-refractivity contribution >= 4 is 28.4 Å². The Bertz CT molecular complexity index is 840. The van der Waals surface area contributed by atoms with Crippen molar-refractivity contribution in [2.24, 2.45) is 0 Å². The number of carbonyl (C=O) groups is 1. The summed E-state index contributed by atoms with van der Waals surface area (Å²) in [4.78, 5) is 15.1. The summed E-state index contributed by atoms with van der Waals surface area (Å²) < 4.78 is 5.46. The number of ether oxygens (including phenoxy) is 1. The molecule has 24 heavy (non-hydrogen) atoms. The summed E-state index contributed by atoms with van der Waals surface area (Å²) in [5.74, 6) is 0.572. The molecule has 1 aromatic heterocycles. The van der Waals surface area contributed by atoms with Gasteiger partial charge in [-0.3, -0.25) is 4.79 Å². The summed E-state index contributed by atoms with van der Waals surface area (Å²) in [5, 5.41) is 4.71. The number of hydrogen-bond acceptors (Lipinski definition) is 2. The predicted octanol–water partition coefficient (Wildman–Crippen LogP) is 3.87. The number of fused-ring (bicyclic) bond motifs is 1. The van der Waals surface area contributed by atoms with Crippen molar-refractivity contribution in [3.8, 4) is 5.75 Å². The Morgan fingerprint density at radius 3 is 2.79 bits per heavy atom. The highest BCUT2D eigenvalue weighted by atomic mass is 35.5. The van der Waals surface area contributed by atoms with Crippen molar-refractivity contribution in [2.45, 2.75) is 13.3 Å². The van der Waals surface area contributed by atoms with Gasteiger partial charge in [0.05, 0.1) is 0 Å². The molecule has 0 bridgehead atoms. The van der Waals surface area contributed by atoms with E-state index < -0.39 is 0 Å². The second-order valence-corrected chi connectivity index (χ2v) is 6.14. The SMILES string of the molecule is Cc1ccc(OCC(=O)NCCc2c[nH]c3cc(Cl)ccc23)cc1. The molecule has 0 fully saturated rings. The minimum absolute atomic E-state index is 0.0204. The molecule has 2 aromatic carbocycles. The van der Waals surface area contributed by atoms with Crippen LogP contribution in [0.25, 0.3) is 10.9 Å². The molecule has 1 amide bonds. The van der Waals surface area contributed by atoms with E-state index >= 15 is 0 Å². The van der Waals surface area contributed by atoms with Crippen LogP contribution in [0.2, 0.25) is 5.02 Å². The third-order valence-corrected chi connectivity index (χ3v) is 4.07. The van der Waals surface area contributed by atoms with E-state index in [0.717, 1.165) is 28.5 Å². The maximum absolute atomic E-state index is 11.9. The zero-order valence-electron chi connectivity index (χ0n) is 13.4. The molecule has 3 rings (SSSR count). The van der Waals surface area contributed by atoms with E-state index in [0.29, 0.717) is 17.3 Å². The zero-order chi connectivity index (χ0) is 16.9. The minimum Gasteiger partial charge on any atom is -0.484 e. The average Bonchev–Trinajstić information content (AvgIpc) is 2.96. The fourth-order valence-electron chi connectivity index (χ4n) is 2.54. The second-order valence-electron chi connectivity index (χ2n) is 5.71. The van der Waals surface area contributed by atoms with E-state index in [1.54, 1.807) is 0 Å². The smallest absolute Gasteiger partial charge is 0.257 e. The largest absolute Gasteiger partial charge is 0.484 e. The van der Waals surface area contributed by atoms with Gasteiger partial charge in [-0.05, 0) is 43.2 Å². The van der Waals surface area contributed by atoms with Crippen LogP contribution in [0.4, 0.5) is 0 Å². The monoisotopic (exact) mass is 342 g/mol. The highest BCUT2D eigenvalue weighted by Gasteiger charge is 2.06. The van der Waals surface area contributed by atoms with Crippen LogP contribution in [-0.4, -0.2) is 24.0 Å². The number of benzene rings is 2. The normalized spacial score (nSPS) is 10.8. The number of carbonyl (C=O) groups excluding carboxylic acids is 1. The number of rotatable bonds is 6. The summed E-state index contributed by atoms with van der Waals surface area (Å²) in [7, 11) is 0. The van der Waals surface area contributed by atoms with Crippen LogP contribution >= 0.6 is 11.6 Å². The Morgan fingerprint density at radius 1 is 1.21 bits per heavy atom. The molecule has 0 aliphatic heterocycles. The third kappa shape index (κ3) is 4.09. The molecule has 0 aliphatic carbocycles. The quantitative estimate of drug-likeness (QED) is 0.714. The number of aromatic amines is 1. The lowest BCUT2D eigenvalue weighted by molar-refractivity contribution is -0.123. The molecule has 0 aliphatic rings. The van der Waals surface area contributed by atoms with Gasteiger partial charge in [-0.15, -0.1) is 0 Å². The van der Waals surface area contributed by atoms with Gasteiger partial charge >= 0.3 is 0 Å². The van der Waals surface area contributed by atoms with Gasteiger partial charge in [0, 0.05) is 28.7 Å². The lowest BCUT2D eigenvalue weighted by Crippen LogP contribution is -2.30. The molecule has 1 heterocycles. The first-order valence-corrected chi connectivity index (χ1v) is 8.21. The van der Waals surface area contributed by atoms with Gasteiger partial charge in [-0.2, -0.15) is 0 Å². The Labute approximate surface area is 145 Å². The number of aryl methyl sites for hydroxylation is 1. The average molecular weight is 343 g/mol. The fraction of sp³-hybridized carbons (Fsp3) is 0.211. The van der Waals surface area contributed by atoms with E-state index in [1.165, 1.54) is 0 Å². The van der Waals surface area contributed by atoms with Crippen LogP contribution in [0.15, 0.2) is 48.7 Å². The van der Waals surface area contributed by atoms with Crippen molar-refractivity contribution < 1.29 is 9.53 Å². The first-order valence-electron chi connectivity index (χ1n) is 7.83. The van der Waals surface area contributed by atoms with Crippen LogP contribution in [-0.2, 0) is 11.2 Å². The summed E-state index contributed by atoms with van der Waals surface area (Å²) in [6.07, 6.45) is 2.70. The van der Waals surface area contributed by atoms with E-state index in [4.69, 9.17) is 16.3 Å². The lowest BCUT2D eigenvalue weighted by atomic mass is 10.1. The van der Waals surface area contributed by atoms with E-state index in [-0.39, 0.29) is 12.5 Å². The summed E-state index contributed by atoms with van der Waals surface area (Å²) in [5.41, 5.74) is 3.32. The number of nitrogens with one attached hydrogen (secondary N) is 2. The van der Waals surface area contributed by atoms with Gasteiger partial charge in [-0.1, -0.05) is 35.4 Å². The van der Waals surface area contributed by atoms with Gasteiger partial charge in [0.1, 0.15) is 5.75 Å². The molecule has 5 heteroatoms. The van der Waals surface area contributed by atoms with Gasteiger partial charge in [0.15, 0.2) is 6.61 Å².